The number of benzene rings is 1. The van der Waals surface area contributed by atoms with Gasteiger partial charge in [-0.1, -0.05) is 19.1 Å². The van der Waals surface area contributed by atoms with Crippen LogP contribution in [0.5, 0.6) is 5.75 Å². The Morgan fingerprint density at radius 1 is 1.32 bits per heavy atom. The molecule has 104 valence electrons. The van der Waals surface area contributed by atoms with E-state index in [9.17, 15) is 9.59 Å². The van der Waals surface area contributed by atoms with Crippen LogP contribution in [0.2, 0.25) is 0 Å². The Morgan fingerprint density at radius 3 is 2.68 bits per heavy atom. The first-order valence-electron chi connectivity index (χ1n) is 6.28. The molecule has 0 aliphatic carbocycles. The molecule has 0 bridgehead atoms. The second-order valence-electron chi connectivity index (χ2n) is 4.32. The lowest BCUT2D eigenvalue weighted by molar-refractivity contribution is -0.139. The summed E-state index contributed by atoms with van der Waals surface area (Å²) in [6, 6.07) is 7.32. The van der Waals surface area contributed by atoms with Gasteiger partial charge in [0.2, 0.25) is 0 Å². The maximum atomic E-state index is 11.6. The van der Waals surface area contributed by atoms with Gasteiger partial charge in [-0.3, -0.25) is 9.59 Å². The Kier molecular flexibility index (Phi) is 5.85. The molecule has 5 heteroatoms. The molecule has 0 spiro atoms. The van der Waals surface area contributed by atoms with E-state index in [2.05, 4.69) is 10.6 Å². The van der Waals surface area contributed by atoms with E-state index in [4.69, 9.17) is 4.74 Å². The molecule has 1 aromatic rings. The van der Waals surface area contributed by atoms with Crippen molar-refractivity contribution in [1.29, 1.82) is 0 Å². The number of hydrogen-bond donors (Lipinski definition) is 2. The number of nitrogens with one attached hydrogen (secondary N) is 2. The summed E-state index contributed by atoms with van der Waals surface area (Å²) >= 11 is 0. The van der Waals surface area contributed by atoms with Crippen LogP contribution in [0.1, 0.15) is 25.8 Å². The van der Waals surface area contributed by atoms with Crippen molar-refractivity contribution in [3.8, 4) is 5.75 Å². The van der Waals surface area contributed by atoms with E-state index in [1.807, 2.05) is 38.1 Å². The van der Waals surface area contributed by atoms with Gasteiger partial charge in [-0.05, 0) is 31.0 Å². The summed E-state index contributed by atoms with van der Waals surface area (Å²) in [5.74, 6) is -0.504. The Bertz CT molecular complexity index is 446. The smallest absolute Gasteiger partial charge is 0.309 e. The summed E-state index contributed by atoms with van der Waals surface area (Å²) in [6.45, 7) is 4.09. The van der Waals surface area contributed by atoms with Gasteiger partial charge in [0.05, 0.1) is 7.11 Å². The molecule has 5 nitrogen and oxygen atoms in total. The summed E-state index contributed by atoms with van der Waals surface area (Å²) in [6.07, 6.45) is 0.787. The Labute approximate surface area is 113 Å². The largest absolute Gasteiger partial charge is 0.497 e. The fourth-order valence-corrected chi connectivity index (χ4v) is 1.44. The molecule has 19 heavy (non-hydrogen) atoms. The maximum absolute atomic E-state index is 11.6. The average Bonchev–Trinajstić information content (AvgIpc) is 2.44. The van der Waals surface area contributed by atoms with Gasteiger partial charge >= 0.3 is 11.8 Å². The first-order chi connectivity index (χ1) is 9.06. The van der Waals surface area contributed by atoms with Crippen molar-refractivity contribution in [1.82, 2.24) is 10.6 Å². The summed E-state index contributed by atoms with van der Waals surface area (Å²) in [7, 11) is 1.58. The molecule has 0 aromatic heterocycles. The van der Waals surface area contributed by atoms with Crippen LogP contribution in [-0.4, -0.2) is 25.0 Å². The summed E-state index contributed by atoms with van der Waals surface area (Å²) in [5, 5.41) is 5.19. The van der Waals surface area contributed by atoms with E-state index in [1.54, 1.807) is 7.11 Å². The van der Waals surface area contributed by atoms with Gasteiger partial charge in [-0.2, -0.15) is 0 Å². The van der Waals surface area contributed by atoms with E-state index in [0.717, 1.165) is 17.7 Å². The Morgan fingerprint density at radius 2 is 2.05 bits per heavy atom. The number of methoxy groups -OCH3 is 1. The van der Waals surface area contributed by atoms with Gasteiger partial charge in [0, 0.05) is 12.6 Å². The SMILES string of the molecule is CC[C@@H](C)NC(=O)C(=O)NCc1cccc(OC)c1. The number of hydrogen-bond acceptors (Lipinski definition) is 3. The number of rotatable bonds is 5. The minimum absolute atomic E-state index is 0.00457. The number of amides is 2. The van der Waals surface area contributed by atoms with Gasteiger partial charge in [0.15, 0.2) is 0 Å². The predicted molar refractivity (Wildman–Crippen MR) is 72.7 cm³/mol. The second kappa shape index (κ2) is 7.41. The highest BCUT2D eigenvalue weighted by Crippen LogP contribution is 2.11. The highest BCUT2D eigenvalue weighted by molar-refractivity contribution is 6.35. The minimum atomic E-state index is -0.622. The number of carbonyl (C=O) groups is 2. The zero-order chi connectivity index (χ0) is 14.3. The van der Waals surface area contributed by atoms with Gasteiger partial charge < -0.3 is 15.4 Å². The highest BCUT2D eigenvalue weighted by atomic mass is 16.5. The van der Waals surface area contributed by atoms with E-state index < -0.39 is 11.8 Å². The number of ether oxygens (including phenoxy) is 1. The molecule has 1 rings (SSSR count). The van der Waals surface area contributed by atoms with Crippen LogP contribution in [0.25, 0.3) is 0 Å². The van der Waals surface area contributed by atoms with Gasteiger partial charge in [0.1, 0.15) is 5.75 Å². The van der Waals surface area contributed by atoms with Crippen molar-refractivity contribution in [2.24, 2.45) is 0 Å². The highest BCUT2D eigenvalue weighted by Gasteiger charge is 2.14. The van der Waals surface area contributed by atoms with Crippen molar-refractivity contribution in [2.45, 2.75) is 32.9 Å². The van der Waals surface area contributed by atoms with Crippen LogP contribution in [0.4, 0.5) is 0 Å². The molecule has 0 fully saturated rings. The van der Waals surface area contributed by atoms with E-state index in [1.165, 1.54) is 0 Å². The Hall–Kier alpha value is -2.04. The third-order valence-electron chi connectivity index (χ3n) is 2.78. The molecule has 0 saturated carbocycles. The van der Waals surface area contributed by atoms with Crippen molar-refractivity contribution < 1.29 is 14.3 Å². The fraction of sp³-hybridized carbons (Fsp3) is 0.429. The zero-order valence-electron chi connectivity index (χ0n) is 11.5. The first-order valence-corrected chi connectivity index (χ1v) is 6.28. The van der Waals surface area contributed by atoms with Crippen LogP contribution >= 0.6 is 0 Å². The van der Waals surface area contributed by atoms with Gasteiger partial charge in [-0.25, -0.2) is 0 Å². The third-order valence-corrected chi connectivity index (χ3v) is 2.78. The molecule has 1 atom stereocenters. The third kappa shape index (κ3) is 4.99. The van der Waals surface area contributed by atoms with E-state index >= 15 is 0 Å². The monoisotopic (exact) mass is 264 g/mol. The quantitative estimate of drug-likeness (QED) is 0.786. The van der Waals surface area contributed by atoms with Gasteiger partial charge in [0.25, 0.3) is 0 Å². The molecule has 0 saturated heterocycles. The maximum Gasteiger partial charge on any atom is 0.309 e. The van der Waals surface area contributed by atoms with Crippen LogP contribution in [-0.2, 0) is 16.1 Å². The molecule has 2 amide bonds. The van der Waals surface area contributed by atoms with Crippen LogP contribution < -0.4 is 15.4 Å². The van der Waals surface area contributed by atoms with Crippen molar-refractivity contribution in [3.63, 3.8) is 0 Å². The fourth-order valence-electron chi connectivity index (χ4n) is 1.44. The summed E-state index contributed by atoms with van der Waals surface area (Å²) in [4.78, 5) is 23.1. The molecular weight excluding hydrogens is 244 g/mol. The van der Waals surface area contributed by atoms with Crippen molar-refractivity contribution >= 4 is 11.8 Å². The average molecular weight is 264 g/mol. The molecule has 0 aliphatic rings. The lowest BCUT2D eigenvalue weighted by Crippen LogP contribution is -2.43. The van der Waals surface area contributed by atoms with Crippen LogP contribution in [0.15, 0.2) is 24.3 Å². The second-order valence-corrected chi connectivity index (χ2v) is 4.32. The normalized spacial score (nSPS) is 11.5. The topological polar surface area (TPSA) is 67.4 Å². The van der Waals surface area contributed by atoms with Gasteiger partial charge in [-0.15, -0.1) is 0 Å². The molecule has 0 aliphatic heterocycles. The zero-order valence-corrected chi connectivity index (χ0v) is 11.5. The predicted octanol–water partition coefficient (Wildman–Crippen LogP) is 1.23. The molecule has 0 heterocycles. The lowest BCUT2D eigenvalue weighted by Gasteiger charge is -2.11. The lowest BCUT2D eigenvalue weighted by atomic mass is 10.2. The van der Waals surface area contributed by atoms with Crippen molar-refractivity contribution in [2.75, 3.05) is 7.11 Å². The van der Waals surface area contributed by atoms with E-state index in [0.29, 0.717) is 6.54 Å². The molecule has 2 N–H and O–H groups in total. The molecule has 0 radical (unpaired) electrons. The summed E-state index contributed by atoms with van der Waals surface area (Å²) in [5.41, 5.74) is 0.879. The van der Waals surface area contributed by atoms with Crippen LogP contribution in [0, 0.1) is 0 Å². The first kappa shape index (κ1) is 15.0. The van der Waals surface area contributed by atoms with Crippen molar-refractivity contribution in [3.05, 3.63) is 29.8 Å². The molecule has 1 aromatic carbocycles. The van der Waals surface area contributed by atoms with Crippen LogP contribution in [0.3, 0.4) is 0 Å². The molecular formula is C14H20N2O3. The molecule has 0 unspecified atom stereocenters. The number of carbonyl (C=O) groups excluding carboxylic acids is 2. The minimum Gasteiger partial charge on any atom is -0.497 e. The van der Waals surface area contributed by atoms with E-state index in [-0.39, 0.29) is 6.04 Å². The Balaban J connectivity index is 2.47. The standard InChI is InChI=1S/C14H20N2O3/c1-4-10(2)16-14(18)13(17)15-9-11-6-5-7-12(8-11)19-3/h5-8,10H,4,9H2,1-3H3,(H,15,17)(H,16,18)/t10-/m1/s1. The summed E-state index contributed by atoms with van der Waals surface area (Å²) < 4.78 is 5.08.